The highest BCUT2D eigenvalue weighted by Crippen LogP contribution is 2.44. The Balaban J connectivity index is 1.10. The van der Waals surface area contributed by atoms with Gasteiger partial charge in [0.2, 0.25) is 0 Å². The van der Waals surface area contributed by atoms with Gasteiger partial charge in [-0.15, -0.1) is 0 Å². The highest BCUT2D eigenvalue weighted by atomic mass is 16.5. The van der Waals surface area contributed by atoms with Crippen LogP contribution >= 0.6 is 0 Å². The summed E-state index contributed by atoms with van der Waals surface area (Å²) < 4.78 is 12.1. The minimum atomic E-state index is -1.11. The number of carboxylic acid groups (broad SMARTS) is 1. The third-order valence-corrected chi connectivity index (χ3v) is 8.67. The van der Waals surface area contributed by atoms with Crippen LogP contribution in [0.15, 0.2) is 60.9 Å². The quantitative estimate of drug-likeness (QED) is 0.337. The van der Waals surface area contributed by atoms with Crippen LogP contribution in [0.1, 0.15) is 74.9 Å². The molecule has 1 saturated heterocycles. The first-order valence-corrected chi connectivity index (χ1v) is 14.2. The molecule has 3 aliphatic rings. The van der Waals surface area contributed by atoms with E-state index in [-0.39, 0.29) is 23.8 Å². The van der Waals surface area contributed by atoms with E-state index in [9.17, 15) is 19.5 Å². The van der Waals surface area contributed by atoms with Crippen molar-refractivity contribution in [1.29, 1.82) is 0 Å². The number of likely N-dealkylation sites (tertiary alicyclic amines) is 1. The van der Waals surface area contributed by atoms with Crippen LogP contribution in [-0.4, -0.2) is 63.4 Å². The summed E-state index contributed by atoms with van der Waals surface area (Å²) in [7, 11) is 1.62. The molecule has 1 amide bonds. The highest BCUT2D eigenvalue weighted by Gasteiger charge is 2.44. The molecule has 4 aromatic rings. The summed E-state index contributed by atoms with van der Waals surface area (Å²) in [6.45, 7) is 0.939. The highest BCUT2D eigenvalue weighted by molar-refractivity contribution is 6.03. The Morgan fingerprint density at radius 3 is 2.48 bits per heavy atom. The zero-order valence-electron chi connectivity index (χ0n) is 23.1. The molecule has 2 aromatic heterocycles. The summed E-state index contributed by atoms with van der Waals surface area (Å²) >= 11 is 0. The van der Waals surface area contributed by atoms with Crippen molar-refractivity contribution in [2.24, 2.45) is 0 Å². The van der Waals surface area contributed by atoms with E-state index >= 15 is 0 Å². The normalized spacial score (nSPS) is 17.5. The van der Waals surface area contributed by atoms with Gasteiger partial charge in [-0.3, -0.25) is 14.6 Å². The topological polar surface area (TPSA) is 119 Å². The zero-order valence-corrected chi connectivity index (χ0v) is 23.1. The van der Waals surface area contributed by atoms with E-state index < -0.39 is 11.6 Å². The zero-order chi connectivity index (χ0) is 29.0. The molecule has 1 spiro atoms. The third kappa shape index (κ3) is 4.55. The number of nitrogens with zero attached hydrogens (tertiary/aromatic N) is 3. The van der Waals surface area contributed by atoms with Gasteiger partial charge in [0, 0.05) is 60.6 Å². The molecule has 0 atom stereocenters. The Morgan fingerprint density at radius 2 is 1.74 bits per heavy atom. The smallest absolute Gasteiger partial charge is 0.354 e. The predicted octanol–water partition coefficient (Wildman–Crippen LogP) is 5.52. The first-order valence-electron chi connectivity index (χ1n) is 14.2. The molecule has 0 radical (unpaired) electrons. The molecular formula is C33H29N3O6. The Morgan fingerprint density at radius 1 is 0.976 bits per heavy atom. The molecule has 7 rings (SSSR count). The fourth-order valence-electron chi connectivity index (χ4n) is 6.23. The largest absolute Gasteiger partial charge is 0.496 e. The van der Waals surface area contributed by atoms with Crippen molar-refractivity contribution >= 4 is 28.4 Å². The summed E-state index contributed by atoms with van der Waals surface area (Å²) in [5.41, 5.74) is 2.74. The molecule has 2 fully saturated rings. The minimum Gasteiger partial charge on any atom is -0.496 e. The van der Waals surface area contributed by atoms with E-state index in [4.69, 9.17) is 9.47 Å². The van der Waals surface area contributed by atoms with E-state index in [2.05, 4.69) is 9.97 Å². The number of fused-ring (bicyclic) bond motifs is 2. The predicted molar refractivity (Wildman–Crippen MR) is 154 cm³/mol. The number of carbonyl (C=O) groups excluding carboxylic acids is 2. The average Bonchev–Trinajstić information content (AvgIpc) is 3.86. The molecule has 1 aliphatic carbocycles. The van der Waals surface area contributed by atoms with Gasteiger partial charge in [0.25, 0.3) is 5.91 Å². The van der Waals surface area contributed by atoms with Gasteiger partial charge in [0.05, 0.1) is 24.8 Å². The van der Waals surface area contributed by atoms with Crippen LogP contribution in [0.25, 0.3) is 21.9 Å². The summed E-state index contributed by atoms with van der Waals surface area (Å²) in [5, 5.41) is 11.2. The number of hydrogen-bond acceptors (Lipinski definition) is 7. The van der Waals surface area contributed by atoms with Crippen molar-refractivity contribution < 1.29 is 29.0 Å². The molecule has 1 N–H and O–H groups in total. The van der Waals surface area contributed by atoms with E-state index in [1.807, 2.05) is 35.4 Å². The Kier molecular flexibility index (Phi) is 6.18. The van der Waals surface area contributed by atoms with Crippen LogP contribution < -0.4 is 9.47 Å². The lowest BCUT2D eigenvalue weighted by molar-refractivity contribution is -0.00571. The van der Waals surface area contributed by atoms with Crippen LogP contribution in [-0.2, 0) is 0 Å². The number of amides is 1. The lowest BCUT2D eigenvalue weighted by Gasteiger charge is -2.44. The first kappa shape index (κ1) is 26.1. The molecule has 9 heteroatoms. The summed E-state index contributed by atoms with van der Waals surface area (Å²) in [4.78, 5) is 48.7. The van der Waals surface area contributed by atoms with Gasteiger partial charge >= 0.3 is 5.97 Å². The van der Waals surface area contributed by atoms with E-state index in [1.54, 1.807) is 25.3 Å². The number of Topliss-reactive ketones (excluding diaryl/α,β-unsaturated/α-hetero) is 1. The number of hydrogen-bond donors (Lipinski definition) is 1. The van der Waals surface area contributed by atoms with Crippen molar-refractivity contribution in [2.45, 2.75) is 43.6 Å². The van der Waals surface area contributed by atoms with Gasteiger partial charge in [-0.2, -0.15) is 0 Å². The van der Waals surface area contributed by atoms with Crippen molar-refractivity contribution in [2.75, 3.05) is 20.2 Å². The summed E-state index contributed by atoms with van der Waals surface area (Å²) in [5.74, 6) is 0.412. The van der Waals surface area contributed by atoms with Gasteiger partial charge in [-0.05, 0) is 66.4 Å². The molecule has 4 heterocycles. The van der Waals surface area contributed by atoms with Crippen molar-refractivity contribution in [3.05, 3.63) is 83.4 Å². The second kappa shape index (κ2) is 9.94. The second-order valence-electron chi connectivity index (χ2n) is 11.4. The number of benzene rings is 2. The molecule has 42 heavy (non-hydrogen) atoms. The fourth-order valence-corrected chi connectivity index (χ4v) is 6.23. The lowest BCUT2D eigenvalue weighted by Crippen LogP contribution is -2.52. The molecule has 212 valence electrons. The fraction of sp³-hybridized carbons (Fsp3) is 0.303. The number of piperidine rings is 1. The van der Waals surface area contributed by atoms with Crippen molar-refractivity contribution in [3.63, 3.8) is 0 Å². The molecular weight excluding hydrogens is 534 g/mol. The maximum absolute atomic E-state index is 13.7. The van der Waals surface area contributed by atoms with Crippen LogP contribution in [0.5, 0.6) is 11.5 Å². The second-order valence-corrected chi connectivity index (χ2v) is 11.4. The maximum atomic E-state index is 13.7. The SMILES string of the molecule is COc1cc(C(=O)N2CCC3(CC2)CC(=O)c2cc(-c4ccnc(C(=O)O)c4)ccc2O3)cc2c(C3CC3)nccc12. The van der Waals surface area contributed by atoms with E-state index in [0.29, 0.717) is 60.0 Å². The number of carboxylic acids is 1. The molecule has 0 bridgehead atoms. The number of aromatic carboxylic acids is 1. The van der Waals surface area contributed by atoms with Gasteiger partial charge < -0.3 is 19.5 Å². The minimum absolute atomic E-state index is 0.0234. The Hall–Kier alpha value is -4.79. The van der Waals surface area contributed by atoms with Crippen molar-refractivity contribution in [3.8, 4) is 22.6 Å². The third-order valence-electron chi connectivity index (χ3n) is 8.67. The molecule has 2 aliphatic heterocycles. The van der Waals surface area contributed by atoms with Gasteiger partial charge in [-0.1, -0.05) is 6.07 Å². The van der Waals surface area contributed by atoms with Crippen LogP contribution in [0.2, 0.25) is 0 Å². The molecule has 2 aromatic carbocycles. The number of ether oxygens (including phenoxy) is 2. The monoisotopic (exact) mass is 563 g/mol. The van der Waals surface area contributed by atoms with Crippen LogP contribution in [0, 0.1) is 0 Å². The van der Waals surface area contributed by atoms with Gasteiger partial charge in [-0.25, -0.2) is 9.78 Å². The van der Waals surface area contributed by atoms with Crippen LogP contribution in [0.3, 0.4) is 0 Å². The number of pyridine rings is 2. The van der Waals surface area contributed by atoms with Gasteiger partial charge in [0.1, 0.15) is 22.8 Å². The Labute approximate surface area is 242 Å². The molecule has 1 saturated carbocycles. The first-order chi connectivity index (χ1) is 20.3. The number of carbonyl (C=O) groups is 3. The maximum Gasteiger partial charge on any atom is 0.354 e. The number of aromatic nitrogens is 2. The van der Waals surface area contributed by atoms with E-state index in [0.717, 1.165) is 34.9 Å². The lowest BCUT2D eigenvalue weighted by atomic mass is 9.82. The van der Waals surface area contributed by atoms with Gasteiger partial charge in [0.15, 0.2) is 5.78 Å². The summed E-state index contributed by atoms with van der Waals surface area (Å²) in [6.07, 6.45) is 6.77. The number of ketones is 1. The number of rotatable bonds is 5. The van der Waals surface area contributed by atoms with Crippen molar-refractivity contribution in [1.82, 2.24) is 14.9 Å². The Bertz CT molecular complexity index is 1770. The van der Waals surface area contributed by atoms with E-state index in [1.165, 1.54) is 12.3 Å². The standard InChI is InChI=1S/C33H29N3O6/c1-41-29-17-22(15-24-23(29)7-11-35-30(24)19-2-3-19)31(38)36-12-8-33(9-13-36)18-27(37)25-14-20(4-5-28(25)42-33)21-6-10-34-26(16-21)32(39)40/h4-7,10-11,14-17,19H,2-3,8-9,12-13,18H2,1H3,(H,39,40). The number of methoxy groups -OCH3 is 1. The summed E-state index contributed by atoms with van der Waals surface area (Å²) in [6, 6.07) is 14.2. The average molecular weight is 564 g/mol. The molecule has 9 nitrogen and oxygen atoms in total. The van der Waals surface area contributed by atoms with Crippen LogP contribution in [0.4, 0.5) is 0 Å². The molecule has 0 unspecified atom stereocenters.